The van der Waals surface area contributed by atoms with Crippen molar-refractivity contribution in [2.45, 2.75) is 18.2 Å². The second kappa shape index (κ2) is 6.23. The van der Waals surface area contributed by atoms with Crippen LogP contribution in [0.25, 0.3) is 10.8 Å². The number of rotatable bonds is 3. The Kier molecular flexibility index (Phi) is 4.10. The lowest BCUT2D eigenvalue weighted by atomic mass is 9.90. The molecule has 1 saturated heterocycles. The molecule has 2 aliphatic rings. The van der Waals surface area contributed by atoms with E-state index in [0.29, 0.717) is 24.0 Å². The second-order valence-corrected chi connectivity index (χ2v) is 9.15. The molecule has 0 spiro atoms. The molecule has 142 valence electrons. The van der Waals surface area contributed by atoms with Gasteiger partial charge in [0, 0.05) is 18.5 Å². The lowest BCUT2D eigenvalue weighted by molar-refractivity contribution is -0.146. The van der Waals surface area contributed by atoms with E-state index in [4.69, 9.17) is 0 Å². The molecule has 0 aromatic heterocycles. The number of sulfonamides is 1. The van der Waals surface area contributed by atoms with Crippen molar-refractivity contribution in [1.82, 2.24) is 4.90 Å². The first-order chi connectivity index (χ1) is 12.8. The van der Waals surface area contributed by atoms with Crippen LogP contribution >= 0.6 is 0 Å². The normalized spacial score (nSPS) is 23.6. The minimum absolute atomic E-state index is 0.0552. The van der Waals surface area contributed by atoms with Gasteiger partial charge in [-0.1, -0.05) is 31.2 Å². The summed E-state index contributed by atoms with van der Waals surface area (Å²) in [5.41, 5.74) is 0.497. The van der Waals surface area contributed by atoms with Crippen LogP contribution in [0.1, 0.15) is 13.3 Å². The summed E-state index contributed by atoms with van der Waals surface area (Å²) in [5.74, 6) is -1.86. The highest BCUT2D eigenvalue weighted by Crippen LogP contribution is 2.41. The zero-order chi connectivity index (χ0) is 19.3. The molecule has 4 rings (SSSR count). The van der Waals surface area contributed by atoms with Gasteiger partial charge in [-0.25, -0.2) is 8.42 Å². The monoisotopic (exact) mass is 388 g/mol. The van der Waals surface area contributed by atoms with Crippen molar-refractivity contribution >= 4 is 38.4 Å². The molecule has 2 atom stereocenters. The maximum absolute atomic E-state index is 13.0. The maximum Gasteiger partial charge on any atom is 0.308 e. The number of carboxylic acids is 1. The highest BCUT2D eigenvalue weighted by atomic mass is 32.2. The number of hydrogen-bond donors (Lipinski definition) is 1. The zero-order valence-electron chi connectivity index (χ0n) is 14.8. The third-order valence-electron chi connectivity index (χ3n) is 5.32. The van der Waals surface area contributed by atoms with Gasteiger partial charge < -0.3 is 10.0 Å². The Morgan fingerprint density at radius 2 is 1.85 bits per heavy atom. The Bertz CT molecular complexity index is 1040. The summed E-state index contributed by atoms with van der Waals surface area (Å²) in [6.07, 6.45) is 0.520. The molecule has 2 unspecified atom stereocenters. The fourth-order valence-corrected chi connectivity index (χ4v) is 5.75. The van der Waals surface area contributed by atoms with Gasteiger partial charge in [0.2, 0.25) is 5.91 Å². The number of nitrogens with zero attached hydrogens (tertiary/aromatic N) is 2. The number of carbonyl (C=O) groups excluding carboxylic acids is 1. The van der Waals surface area contributed by atoms with Crippen LogP contribution in [0.5, 0.6) is 0 Å². The number of amides is 1. The van der Waals surface area contributed by atoms with E-state index in [0.717, 1.165) is 9.69 Å². The third-order valence-corrected chi connectivity index (χ3v) is 7.12. The van der Waals surface area contributed by atoms with Gasteiger partial charge in [0.1, 0.15) is 6.54 Å². The second-order valence-electron chi connectivity index (χ2n) is 7.32. The van der Waals surface area contributed by atoms with Gasteiger partial charge in [-0.05, 0) is 29.9 Å². The molecule has 27 heavy (non-hydrogen) atoms. The molecule has 0 aliphatic carbocycles. The topological polar surface area (TPSA) is 95.0 Å². The molecule has 2 aromatic rings. The first-order valence-corrected chi connectivity index (χ1v) is 10.3. The molecular formula is C19H20N2O5S. The van der Waals surface area contributed by atoms with Crippen LogP contribution in [-0.4, -0.2) is 49.9 Å². The Morgan fingerprint density at radius 1 is 1.15 bits per heavy atom. The molecule has 0 saturated carbocycles. The predicted octanol–water partition coefficient (Wildman–Crippen LogP) is 1.92. The average molecular weight is 388 g/mol. The van der Waals surface area contributed by atoms with Crippen LogP contribution < -0.4 is 4.31 Å². The van der Waals surface area contributed by atoms with Gasteiger partial charge in [0.25, 0.3) is 10.0 Å². The smallest absolute Gasteiger partial charge is 0.308 e. The van der Waals surface area contributed by atoms with E-state index in [9.17, 15) is 23.1 Å². The fraction of sp³-hybridized carbons (Fsp3) is 0.368. The molecule has 0 radical (unpaired) electrons. The van der Waals surface area contributed by atoms with E-state index in [1.54, 1.807) is 24.3 Å². The van der Waals surface area contributed by atoms with E-state index < -0.39 is 21.9 Å². The van der Waals surface area contributed by atoms with Gasteiger partial charge >= 0.3 is 5.97 Å². The van der Waals surface area contributed by atoms with Crippen LogP contribution in [0.15, 0.2) is 41.3 Å². The van der Waals surface area contributed by atoms with Crippen molar-refractivity contribution in [1.29, 1.82) is 0 Å². The molecule has 7 nitrogen and oxygen atoms in total. The summed E-state index contributed by atoms with van der Waals surface area (Å²) < 4.78 is 27.1. The molecule has 8 heteroatoms. The summed E-state index contributed by atoms with van der Waals surface area (Å²) in [5, 5.41) is 10.7. The number of anilines is 1. The van der Waals surface area contributed by atoms with Crippen molar-refractivity contribution < 1.29 is 23.1 Å². The molecule has 1 fully saturated rings. The summed E-state index contributed by atoms with van der Waals surface area (Å²) in [6, 6.07) is 10.4. The number of benzene rings is 2. The molecule has 2 aromatic carbocycles. The maximum atomic E-state index is 13.0. The highest BCUT2D eigenvalue weighted by molar-refractivity contribution is 7.93. The Balaban J connectivity index is 1.64. The fourth-order valence-electron chi connectivity index (χ4n) is 4.09. The van der Waals surface area contributed by atoms with Crippen LogP contribution in [0.2, 0.25) is 0 Å². The number of likely N-dealkylation sites (tertiary alicyclic amines) is 1. The summed E-state index contributed by atoms with van der Waals surface area (Å²) in [7, 11) is -3.81. The molecule has 0 bridgehead atoms. The lowest BCUT2D eigenvalue weighted by Gasteiger charge is -2.35. The minimum Gasteiger partial charge on any atom is -0.481 e. The Labute approximate surface area is 157 Å². The minimum atomic E-state index is -3.81. The molecule has 2 aliphatic heterocycles. The van der Waals surface area contributed by atoms with E-state index >= 15 is 0 Å². The number of carbonyl (C=O) groups is 2. The van der Waals surface area contributed by atoms with Crippen LogP contribution in [0.3, 0.4) is 0 Å². The molecule has 1 amide bonds. The molecule has 2 heterocycles. The van der Waals surface area contributed by atoms with Crippen LogP contribution in [0.4, 0.5) is 5.69 Å². The predicted molar refractivity (Wildman–Crippen MR) is 100.0 cm³/mol. The van der Waals surface area contributed by atoms with Crippen LogP contribution in [0, 0.1) is 11.8 Å². The van der Waals surface area contributed by atoms with Crippen LogP contribution in [-0.2, 0) is 19.6 Å². The van der Waals surface area contributed by atoms with Crippen molar-refractivity contribution in [2.75, 3.05) is 23.9 Å². The number of piperidine rings is 1. The first kappa shape index (κ1) is 17.8. The summed E-state index contributed by atoms with van der Waals surface area (Å²) in [6.45, 7) is 2.13. The summed E-state index contributed by atoms with van der Waals surface area (Å²) >= 11 is 0. The largest absolute Gasteiger partial charge is 0.481 e. The van der Waals surface area contributed by atoms with Gasteiger partial charge in [-0.2, -0.15) is 0 Å². The molecular weight excluding hydrogens is 368 g/mol. The van der Waals surface area contributed by atoms with Gasteiger partial charge in [-0.15, -0.1) is 0 Å². The third kappa shape index (κ3) is 2.84. The standard InChI is InChI=1S/C19H20N2O5S/c1-12-8-14(19(23)24)10-20(9-12)17(22)11-21-15-6-2-4-13-5-3-7-16(18(13)15)27(21,25)26/h2-7,12,14H,8-11H2,1H3,(H,23,24). The number of hydrogen-bond acceptors (Lipinski definition) is 4. The van der Waals surface area contributed by atoms with Gasteiger partial charge in [0.15, 0.2) is 0 Å². The van der Waals surface area contributed by atoms with E-state index in [1.807, 2.05) is 19.1 Å². The SMILES string of the molecule is CC1CC(C(=O)O)CN(C(=O)CN2c3cccc4cccc(c34)S2(=O)=O)C1. The number of carboxylic acid groups (broad SMARTS) is 1. The quantitative estimate of drug-likeness (QED) is 0.867. The Hall–Kier alpha value is -2.61. The van der Waals surface area contributed by atoms with Crippen molar-refractivity contribution in [3.05, 3.63) is 36.4 Å². The van der Waals surface area contributed by atoms with Crippen molar-refractivity contribution in [3.8, 4) is 0 Å². The van der Waals surface area contributed by atoms with Crippen molar-refractivity contribution in [3.63, 3.8) is 0 Å². The Morgan fingerprint density at radius 3 is 2.56 bits per heavy atom. The lowest BCUT2D eigenvalue weighted by Crippen LogP contribution is -2.49. The summed E-state index contributed by atoms with van der Waals surface area (Å²) in [4.78, 5) is 25.9. The first-order valence-electron chi connectivity index (χ1n) is 8.84. The zero-order valence-corrected chi connectivity index (χ0v) is 15.6. The number of aliphatic carboxylic acids is 1. The molecule has 1 N–H and O–H groups in total. The average Bonchev–Trinajstić information content (AvgIpc) is 2.84. The van der Waals surface area contributed by atoms with Crippen molar-refractivity contribution in [2.24, 2.45) is 11.8 Å². The van der Waals surface area contributed by atoms with Gasteiger partial charge in [0.05, 0.1) is 16.5 Å². The van der Waals surface area contributed by atoms with E-state index in [2.05, 4.69) is 0 Å². The van der Waals surface area contributed by atoms with E-state index in [-0.39, 0.29) is 29.8 Å². The van der Waals surface area contributed by atoms with Gasteiger partial charge in [-0.3, -0.25) is 13.9 Å². The van der Waals surface area contributed by atoms with E-state index in [1.165, 1.54) is 4.90 Å². The highest BCUT2D eigenvalue weighted by Gasteiger charge is 2.39.